The second kappa shape index (κ2) is 12.6. The van der Waals surface area contributed by atoms with Crippen molar-refractivity contribution >= 4 is 11.6 Å². The van der Waals surface area contributed by atoms with Gasteiger partial charge in [-0.05, 0) is 75.7 Å². The van der Waals surface area contributed by atoms with Gasteiger partial charge in [0.2, 0.25) is 11.8 Å². The molecule has 41 heavy (non-hydrogen) atoms. The summed E-state index contributed by atoms with van der Waals surface area (Å²) in [5.41, 5.74) is 0.728. The van der Waals surface area contributed by atoms with Crippen molar-refractivity contribution in [1.82, 2.24) is 20.6 Å². The molecule has 1 unspecified atom stereocenters. The summed E-state index contributed by atoms with van der Waals surface area (Å²) in [6.45, 7) is 5.57. The Hall–Kier alpha value is -4.17. The van der Waals surface area contributed by atoms with Crippen LogP contribution < -0.4 is 20.3 Å². The van der Waals surface area contributed by atoms with Gasteiger partial charge in [-0.3, -0.25) is 9.78 Å². The first-order valence-electron chi connectivity index (χ1n) is 13.5. The average Bonchev–Trinajstić information content (AvgIpc) is 2.97. The quantitative estimate of drug-likeness (QED) is 0.387. The Morgan fingerprint density at radius 2 is 1.95 bits per heavy atom. The van der Waals surface area contributed by atoms with Crippen LogP contribution in [0.25, 0.3) is 11.3 Å². The van der Waals surface area contributed by atoms with Gasteiger partial charge in [0.25, 0.3) is 0 Å². The maximum absolute atomic E-state index is 13.8. The molecule has 8 nitrogen and oxygen atoms in total. The Kier molecular flexibility index (Phi) is 9.13. The molecular weight excluding hydrogens is 533 g/mol. The van der Waals surface area contributed by atoms with E-state index in [1.165, 1.54) is 6.07 Å². The van der Waals surface area contributed by atoms with Gasteiger partial charge in [-0.25, -0.2) is 4.98 Å². The van der Waals surface area contributed by atoms with Crippen LogP contribution in [0.2, 0.25) is 0 Å². The van der Waals surface area contributed by atoms with Crippen LogP contribution in [0.15, 0.2) is 54.9 Å². The number of anilines is 1. The lowest BCUT2D eigenvalue weighted by molar-refractivity contribution is -0.137. The van der Waals surface area contributed by atoms with Gasteiger partial charge in [0.15, 0.2) is 0 Å². The molecule has 0 bridgehead atoms. The monoisotopic (exact) mass is 566 g/mol. The van der Waals surface area contributed by atoms with E-state index < -0.39 is 17.2 Å². The SMILES string of the molecule is CCOc1ncccc1-c1ccc(C2(C(=O)NC(C)CNC)CCN(c3ccc(C(F)(F)F)cc3C#N)CC2)cn1. The third-order valence-corrected chi connectivity index (χ3v) is 7.37. The van der Waals surface area contributed by atoms with Gasteiger partial charge in [0, 0.05) is 38.1 Å². The minimum atomic E-state index is -4.54. The Labute approximate surface area is 237 Å². The predicted molar refractivity (Wildman–Crippen MR) is 149 cm³/mol. The number of hydrogen-bond donors (Lipinski definition) is 2. The summed E-state index contributed by atoms with van der Waals surface area (Å²) < 4.78 is 45.3. The smallest absolute Gasteiger partial charge is 0.416 e. The zero-order chi connectivity index (χ0) is 29.6. The fourth-order valence-electron chi connectivity index (χ4n) is 5.25. The minimum absolute atomic E-state index is 0.0491. The van der Waals surface area contributed by atoms with Crippen molar-refractivity contribution < 1.29 is 22.7 Å². The van der Waals surface area contributed by atoms with Gasteiger partial charge in [0.1, 0.15) is 6.07 Å². The fourth-order valence-corrected chi connectivity index (χ4v) is 5.25. The van der Waals surface area contributed by atoms with Crippen LogP contribution in [0.4, 0.5) is 18.9 Å². The van der Waals surface area contributed by atoms with E-state index in [9.17, 15) is 23.2 Å². The van der Waals surface area contributed by atoms with E-state index in [0.717, 1.165) is 23.3 Å². The number of piperidine rings is 1. The number of aromatic nitrogens is 2. The fraction of sp³-hybridized carbons (Fsp3) is 0.400. The summed E-state index contributed by atoms with van der Waals surface area (Å²) >= 11 is 0. The lowest BCUT2D eigenvalue weighted by Crippen LogP contribution is -2.54. The van der Waals surface area contributed by atoms with E-state index in [4.69, 9.17) is 4.74 Å². The summed E-state index contributed by atoms with van der Waals surface area (Å²) in [4.78, 5) is 24.7. The maximum Gasteiger partial charge on any atom is 0.416 e. The lowest BCUT2D eigenvalue weighted by atomic mass is 9.72. The molecule has 4 rings (SSSR count). The molecule has 1 aromatic carbocycles. The molecule has 1 aliphatic rings. The van der Waals surface area contributed by atoms with Crippen LogP contribution in [0.3, 0.4) is 0 Å². The van der Waals surface area contributed by atoms with Crippen molar-refractivity contribution in [2.75, 3.05) is 38.2 Å². The standard InChI is InChI=1S/C30H33F3N6O2/c1-4-41-27-24(6-5-13-36-27)25-9-7-23(19-37-25)29(28(40)38-20(2)18-35-3)11-14-39(15-12-29)26-10-8-22(30(31,32)33)16-21(26)17-34/h5-10,13,16,19-20,35H,4,11-12,14-15,18H2,1-3H3,(H,38,40). The molecule has 0 spiro atoms. The summed E-state index contributed by atoms with van der Waals surface area (Å²) in [6, 6.07) is 12.4. The van der Waals surface area contributed by atoms with Gasteiger partial charge < -0.3 is 20.3 Å². The first kappa shape index (κ1) is 29.8. The van der Waals surface area contributed by atoms with Crippen molar-refractivity contribution in [2.45, 2.75) is 44.3 Å². The number of pyridine rings is 2. The normalized spacial score (nSPS) is 15.6. The van der Waals surface area contributed by atoms with Gasteiger partial charge >= 0.3 is 6.18 Å². The lowest BCUT2D eigenvalue weighted by Gasteiger charge is -2.42. The predicted octanol–water partition coefficient (Wildman–Crippen LogP) is 4.70. The molecule has 11 heteroatoms. The molecule has 216 valence electrons. The number of nitriles is 1. The Morgan fingerprint density at radius 3 is 2.56 bits per heavy atom. The van der Waals surface area contributed by atoms with Crippen LogP contribution in [0.5, 0.6) is 5.88 Å². The molecule has 1 fully saturated rings. The number of rotatable bonds is 9. The highest BCUT2D eigenvalue weighted by atomic mass is 19.4. The third-order valence-electron chi connectivity index (χ3n) is 7.37. The largest absolute Gasteiger partial charge is 0.477 e. The number of ether oxygens (including phenoxy) is 1. The van der Waals surface area contributed by atoms with Gasteiger partial charge in [-0.2, -0.15) is 18.4 Å². The van der Waals surface area contributed by atoms with Crippen molar-refractivity contribution in [1.29, 1.82) is 5.26 Å². The van der Waals surface area contributed by atoms with Crippen molar-refractivity contribution in [2.24, 2.45) is 0 Å². The number of halogens is 3. The summed E-state index contributed by atoms with van der Waals surface area (Å²) in [5, 5.41) is 15.8. The highest BCUT2D eigenvalue weighted by molar-refractivity contribution is 5.89. The van der Waals surface area contributed by atoms with Crippen LogP contribution >= 0.6 is 0 Å². The first-order chi connectivity index (χ1) is 19.6. The van der Waals surface area contributed by atoms with Crippen molar-refractivity contribution in [3.05, 3.63) is 71.5 Å². The van der Waals surface area contributed by atoms with E-state index in [0.29, 0.717) is 56.3 Å². The average molecular weight is 567 g/mol. The van der Waals surface area contributed by atoms with E-state index >= 15 is 0 Å². The molecule has 0 radical (unpaired) electrons. The molecule has 3 heterocycles. The number of hydrogen-bond acceptors (Lipinski definition) is 7. The summed E-state index contributed by atoms with van der Waals surface area (Å²) in [7, 11) is 1.81. The Bertz CT molecular complexity index is 1400. The molecule has 1 aliphatic heterocycles. The Balaban J connectivity index is 1.65. The van der Waals surface area contributed by atoms with Crippen LogP contribution in [0, 0.1) is 11.3 Å². The van der Waals surface area contributed by atoms with Crippen LogP contribution in [0.1, 0.15) is 43.4 Å². The number of carbonyl (C=O) groups is 1. The topological polar surface area (TPSA) is 103 Å². The zero-order valence-corrected chi connectivity index (χ0v) is 23.3. The van der Waals surface area contributed by atoms with Gasteiger partial charge in [0.05, 0.1) is 40.1 Å². The van der Waals surface area contributed by atoms with Crippen LogP contribution in [-0.2, 0) is 16.4 Å². The maximum atomic E-state index is 13.8. The van der Waals surface area contributed by atoms with Crippen LogP contribution in [-0.4, -0.2) is 55.2 Å². The van der Waals surface area contributed by atoms with E-state index in [2.05, 4.69) is 20.6 Å². The number of carbonyl (C=O) groups excluding carboxylic acids is 1. The minimum Gasteiger partial charge on any atom is -0.477 e. The molecule has 3 aromatic rings. The number of nitrogens with one attached hydrogen (secondary N) is 2. The molecule has 0 aliphatic carbocycles. The van der Waals surface area contributed by atoms with Crippen molar-refractivity contribution in [3.63, 3.8) is 0 Å². The van der Waals surface area contributed by atoms with E-state index in [1.807, 2.05) is 50.1 Å². The molecule has 0 saturated carbocycles. The number of likely N-dealkylation sites (N-methyl/N-ethyl adjacent to an activating group) is 1. The highest BCUT2D eigenvalue weighted by Crippen LogP contribution is 2.40. The molecule has 1 amide bonds. The third kappa shape index (κ3) is 6.43. The number of nitrogens with zero attached hydrogens (tertiary/aromatic N) is 4. The zero-order valence-electron chi connectivity index (χ0n) is 23.3. The summed E-state index contributed by atoms with van der Waals surface area (Å²) in [6.07, 6.45) is -0.419. The number of alkyl halides is 3. The van der Waals surface area contributed by atoms with Gasteiger partial charge in [-0.15, -0.1) is 0 Å². The van der Waals surface area contributed by atoms with E-state index in [-0.39, 0.29) is 17.5 Å². The molecule has 2 N–H and O–H groups in total. The second-order valence-corrected chi connectivity index (χ2v) is 10.1. The first-order valence-corrected chi connectivity index (χ1v) is 13.5. The number of amides is 1. The summed E-state index contributed by atoms with van der Waals surface area (Å²) in [5.74, 6) is 0.334. The van der Waals surface area contributed by atoms with Crippen molar-refractivity contribution in [3.8, 4) is 23.2 Å². The Morgan fingerprint density at radius 1 is 1.20 bits per heavy atom. The van der Waals surface area contributed by atoms with E-state index in [1.54, 1.807) is 18.5 Å². The molecular formula is C30H33F3N6O2. The van der Waals surface area contributed by atoms with Gasteiger partial charge in [-0.1, -0.05) is 6.07 Å². The molecule has 1 atom stereocenters. The molecule has 2 aromatic heterocycles. The molecule has 1 saturated heterocycles. The highest BCUT2D eigenvalue weighted by Gasteiger charge is 2.44. The number of benzene rings is 1. The second-order valence-electron chi connectivity index (χ2n) is 10.1.